The Morgan fingerprint density at radius 3 is 2.94 bits per heavy atom. The molecule has 1 fully saturated rings. The minimum atomic E-state index is -0.102. The van der Waals surface area contributed by atoms with Crippen LogP contribution in [0.4, 0.5) is 0 Å². The maximum atomic E-state index is 11.7. The SMILES string of the molecule is O=C(NCCOC1CCNCC1)c1cc(Br)c[nH]1. The van der Waals surface area contributed by atoms with Crippen LogP contribution in [0, 0.1) is 0 Å². The van der Waals surface area contributed by atoms with Crippen LogP contribution in [-0.2, 0) is 4.74 Å². The molecule has 1 aliphatic heterocycles. The van der Waals surface area contributed by atoms with Crippen molar-refractivity contribution in [2.45, 2.75) is 18.9 Å². The lowest BCUT2D eigenvalue weighted by Crippen LogP contribution is -2.34. The predicted octanol–water partition coefficient (Wildman–Crippen LogP) is 1.28. The molecule has 0 spiro atoms. The van der Waals surface area contributed by atoms with Gasteiger partial charge in [-0.25, -0.2) is 0 Å². The Morgan fingerprint density at radius 1 is 1.50 bits per heavy atom. The average Bonchev–Trinajstić information content (AvgIpc) is 2.82. The van der Waals surface area contributed by atoms with E-state index < -0.39 is 0 Å². The molecule has 1 aromatic rings. The van der Waals surface area contributed by atoms with Gasteiger partial charge in [0.25, 0.3) is 5.91 Å². The van der Waals surface area contributed by atoms with Crippen molar-refractivity contribution in [2.24, 2.45) is 0 Å². The Bertz CT molecular complexity index is 388. The average molecular weight is 316 g/mol. The zero-order valence-electron chi connectivity index (χ0n) is 10.2. The molecular formula is C12H18BrN3O2. The summed E-state index contributed by atoms with van der Waals surface area (Å²) in [6, 6.07) is 1.75. The zero-order valence-corrected chi connectivity index (χ0v) is 11.8. The summed E-state index contributed by atoms with van der Waals surface area (Å²) in [5.41, 5.74) is 0.559. The molecule has 1 aromatic heterocycles. The third-order valence-electron chi connectivity index (χ3n) is 2.92. The fourth-order valence-corrected chi connectivity index (χ4v) is 2.29. The van der Waals surface area contributed by atoms with Crippen molar-refractivity contribution < 1.29 is 9.53 Å². The second-order valence-electron chi connectivity index (χ2n) is 4.31. The van der Waals surface area contributed by atoms with Crippen LogP contribution in [0.5, 0.6) is 0 Å². The Hall–Kier alpha value is -0.850. The number of nitrogens with one attached hydrogen (secondary N) is 3. The van der Waals surface area contributed by atoms with E-state index in [1.165, 1.54) is 0 Å². The lowest BCUT2D eigenvalue weighted by atomic mass is 10.1. The largest absolute Gasteiger partial charge is 0.376 e. The number of amides is 1. The maximum absolute atomic E-state index is 11.7. The number of piperidine rings is 1. The van der Waals surface area contributed by atoms with E-state index in [9.17, 15) is 4.79 Å². The molecule has 1 saturated heterocycles. The summed E-state index contributed by atoms with van der Waals surface area (Å²) in [4.78, 5) is 14.6. The number of aromatic nitrogens is 1. The van der Waals surface area contributed by atoms with E-state index in [4.69, 9.17) is 4.74 Å². The van der Waals surface area contributed by atoms with Gasteiger partial charge in [-0.15, -0.1) is 0 Å². The second-order valence-corrected chi connectivity index (χ2v) is 5.22. The zero-order chi connectivity index (χ0) is 12.8. The highest BCUT2D eigenvalue weighted by Gasteiger charge is 2.13. The van der Waals surface area contributed by atoms with Crippen molar-refractivity contribution in [3.63, 3.8) is 0 Å². The van der Waals surface area contributed by atoms with Gasteiger partial charge in [0.05, 0.1) is 12.7 Å². The van der Waals surface area contributed by atoms with Crippen molar-refractivity contribution in [3.8, 4) is 0 Å². The van der Waals surface area contributed by atoms with Crippen molar-refractivity contribution in [3.05, 3.63) is 22.4 Å². The number of halogens is 1. The van der Waals surface area contributed by atoms with E-state index in [0.717, 1.165) is 30.4 Å². The molecule has 6 heteroatoms. The molecule has 100 valence electrons. The number of carbonyl (C=O) groups is 1. The fraction of sp³-hybridized carbons (Fsp3) is 0.583. The quantitative estimate of drug-likeness (QED) is 0.717. The molecule has 0 saturated carbocycles. The smallest absolute Gasteiger partial charge is 0.267 e. The molecule has 0 bridgehead atoms. The van der Waals surface area contributed by atoms with E-state index in [0.29, 0.717) is 24.9 Å². The summed E-state index contributed by atoms with van der Waals surface area (Å²) >= 11 is 3.29. The van der Waals surface area contributed by atoms with Crippen LogP contribution in [0.3, 0.4) is 0 Å². The minimum absolute atomic E-state index is 0.102. The van der Waals surface area contributed by atoms with Crippen LogP contribution in [0.1, 0.15) is 23.3 Å². The monoisotopic (exact) mass is 315 g/mol. The molecule has 1 aliphatic rings. The van der Waals surface area contributed by atoms with Crippen LogP contribution in [0.25, 0.3) is 0 Å². The maximum Gasteiger partial charge on any atom is 0.267 e. The standard InChI is InChI=1S/C12H18BrN3O2/c13-9-7-11(16-8-9)12(17)15-5-6-18-10-1-3-14-4-2-10/h7-8,10,14,16H,1-6H2,(H,15,17). The summed E-state index contributed by atoms with van der Waals surface area (Å²) in [6.45, 7) is 3.15. The van der Waals surface area contributed by atoms with Crippen LogP contribution < -0.4 is 10.6 Å². The molecule has 0 unspecified atom stereocenters. The lowest BCUT2D eigenvalue weighted by molar-refractivity contribution is 0.0343. The predicted molar refractivity (Wildman–Crippen MR) is 72.7 cm³/mol. The Labute approximate surface area is 115 Å². The van der Waals surface area contributed by atoms with Gasteiger partial charge >= 0.3 is 0 Å². The summed E-state index contributed by atoms with van der Waals surface area (Å²) in [5.74, 6) is -0.102. The van der Waals surface area contributed by atoms with E-state index in [1.54, 1.807) is 12.3 Å². The van der Waals surface area contributed by atoms with Gasteiger partial charge in [0.15, 0.2) is 0 Å². The third kappa shape index (κ3) is 4.12. The van der Waals surface area contributed by atoms with Gasteiger partial charge in [0.1, 0.15) is 5.69 Å². The van der Waals surface area contributed by atoms with E-state index in [2.05, 4.69) is 31.5 Å². The van der Waals surface area contributed by atoms with Gasteiger partial charge in [-0.3, -0.25) is 4.79 Å². The minimum Gasteiger partial charge on any atom is -0.376 e. The van der Waals surface area contributed by atoms with E-state index in [1.807, 2.05) is 0 Å². The molecule has 5 nitrogen and oxygen atoms in total. The highest BCUT2D eigenvalue weighted by atomic mass is 79.9. The van der Waals surface area contributed by atoms with Crippen LogP contribution in [-0.4, -0.2) is 43.2 Å². The Kier molecular flexibility index (Phi) is 5.22. The third-order valence-corrected chi connectivity index (χ3v) is 3.38. The van der Waals surface area contributed by atoms with Gasteiger partial charge < -0.3 is 20.4 Å². The van der Waals surface area contributed by atoms with Crippen LogP contribution in [0.2, 0.25) is 0 Å². The summed E-state index contributed by atoms with van der Waals surface area (Å²) in [5, 5.41) is 6.11. The first kappa shape index (κ1) is 13.6. The molecule has 18 heavy (non-hydrogen) atoms. The molecule has 3 N–H and O–H groups in total. The number of carbonyl (C=O) groups excluding carboxylic acids is 1. The molecule has 1 amide bonds. The summed E-state index contributed by atoms with van der Waals surface area (Å²) in [6.07, 6.45) is 4.18. The first-order valence-corrected chi connectivity index (χ1v) is 6.99. The van der Waals surface area contributed by atoms with E-state index >= 15 is 0 Å². The fourth-order valence-electron chi connectivity index (χ4n) is 1.95. The van der Waals surface area contributed by atoms with E-state index in [-0.39, 0.29) is 5.91 Å². The van der Waals surface area contributed by atoms with Gasteiger partial charge in [-0.1, -0.05) is 0 Å². The first-order chi connectivity index (χ1) is 8.75. The molecule has 0 radical (unpaired) electrons. The van der Waals surface area contributed by atoms with Crippen LogP contribution >= 0.6 is 15.9 Å². The van der Waals surface area contributed by atoms with Crippen LogP contribution in [0.15, 0.2) is 16.7 Å². The summed E-state index contributed by atoms with van der Waals surface area (Å²) in [7, 11) is 0. The Balaban J connectivity index is 1.61. The highest BCUT2D eigenvalue weighted by Crippen LogP contribution is 2.10. The number of ether oxygens (including phenoxy) is 1. The molecule has 0 aromatic carbocycles. The molecule has 2 heterocycles. The van der Waals surface area contributed by atoms with Gasteiger partial charge in [0, 0.05) is 17.2 Å². The number of hydrogen-bond donors (Lipinski definition) is 3. The van der Waals surface area contributed by atoms with Crippen molar-refractivity contribution in [2.75, 3.05) is 26.2 Å². The molecular weight excluding hydrogens is 298 g/mol. The molecule has 2 rings (SSSR count). The topological polar surface area (TPSA) is 66.2 Å². The number of H-pyrrole nitrogens is 1. The number of aromatic amines is 1. The normalized spacial score (nSPS) is 16.7. The molecule has 0 atom stereocenters. The molecule has 0 aliphatic carbocycles. The van der Waals surface area contributed by atoms with Crippen molar-refractivity contribution in [1.82, 2.24) is 15.6 Å². The second kappa shape index (κ2) is 6.92. The van der Waals surface area contributed by atoms with Gasteiger partial charge in [-0.05, 0) is 47.9 Å². The lowest BCUT2D eigenvalue weighted by Gasteiger charge is -2.22. The summed E-state index contributed by atoms with van der Waals surface area (Å²) < 4.78 is 6.57. The van der Waals surface area contributed by atoms with Crippen molar-refractivity contribution in [1.29, 1.82) is 0 Å². The van der Waals surface area contributed by atoms with Gasteiger partial charge in [-0.2, -0.15) is 0 Å². The van der Waals surface area contributed by atoms with Crippen molar-refractivity contribution >= 4 is 21.8 Å². The Morgan fingerprint density at radius 2 is 2.28 bits per heavy atom. The highest BCUT2D eigenvalue weighted by molar-refractivity contribution is 9.10. The first-order valence-electron chi connectivity index (χ1n) is 6.20. The number of rotatable bonds is 5. The van der Waals surface area contributed by atoms with Gasteiger partial charge in [0.2, 0.25) is 0 Å². The number of hydrogen-bond acceptors (Lipinski definition) is 3.